The molecule has 0 saturated carbocycles. The van der Waals surface area contributed by atoms with Crippen LogP contribution in [-0.2, 0) is 16.0 Å². The summed E-state index contributed by atoms with van der Waals surface area (Å²) in [6.07, 6.45) is 1.95. The molecule has 114 valence electrons. The third-order valence-electron chi connectivity index (χ3n) is 3.68. The second-order valence-corrected chi connectivity index (χ2v) is 7.02. The average molecular weight is 309 g/mol. The zero-order chi connectivity index (χ0) is 15.5. The lowest BCUT2D eigenvalue weighted by Gasteiger charge is -2.24. The molecular formula is C15H19NO4S. The van der Waals surface area contributed by atoms with Gasteiger partial charge in [-0.15, -0.1) is 11.8 Å². The minimum absolute atomic E-state index is 0.129. The highest BCUT2D eigenvalue weighted by molar-refractivity contribution is 8.01. The van der Waals surface area contributed by atoms with Crippen LogP contribution in [-0.4, -0.2) is 38.6 Å². The van der Waals surface area contributed by atoms with Crippen LogP contribution in [0.25, 0.3) is 0 Å². The number of phenolic OH excluding ortho intramolecular Hbond substituents is 1. The number of carboxylic acid groups (broad SMARTS) is 1. The third kappa shape index (κ3) is 3.91. The van der Waals surface area contributed by atoms with Gasteiger partial charge >= 0.3 is 5.97 Å². The minimum atomic E-state index is -1.05. The highest BCUT2D eigenvalue weighted by Crippen LogP contribution is 2.37. The van der Waals surface area contributed by atoms with Gasteiger partial charge in [-0.05, 0) is 43.2 Å². The summed E-state index contributed by atoms with van der Waals surface area (Å²) < 4.78 is -0.525. The van der Waals surface area contributed by atoms with Gasteiger partial charge in [0.2, 0.25) is 5.91 Å². The molecule has 1 unspecified atom stereocenters. The van der Waals surface area contributed by atoms with Crippen molar-refractivity contribution in [2.45, 2.75) is 37.0 Å². The molecular weight excluding hydrogens is 290 g/mol. The van der Waals surface area contributed by atoms with E-state index in [1.165, 1.54) is 12.1 Å². The van der Waals surface area contributed by atoms with E-state index in [-0.39, 0.29) is 18.1 Å². The number of thioether (sulfide) groups is 1. The maximum Gasteiger partial charge on any atom is 0.326 e. The molecule has 0 radical (unpaired) electrons. The number of rotatable bonds is 5. The smallest absolute Gasteiger partial charge is 0.326 e. The Hall–Kier alpha value is -1.69. The maximum absolute atomic E-state index is 12.3. The molecule has 1 amide bonds. The van der Waals surface area contributed by atoms with Gasteiger partial charge in [-0.3, -0.25) is 4.79 Å². The second kappa shape index (κ2) is 6.39. The summed E-state index contributed by atoms with van der Waals surface area (Å²) in [6, 6.07) is 5.36. The summed E-state index contributed by atoms with van der Waals surface area (Å²) in [7, 11) is 0. The highest BCUT2D eigenvalue weighted by atomic mass is 32.2. The molecule has 2 atom stereocenters. The Labute approximate surface area is 127 Å². The normalized spacial score (nSPS) is 22.7. The van der Waals surface area contributed by atoms with E-state index >= 15 is 0 Å². The number of aliphatic carboxylic acids is 1. The summed E-state index contributed by atoms with van der Waals surface area (Å²) in [5.74, 6) is -0.205. The molecule has 21 heavy (non-hydrogen) atoms. The lowest BCUT2D eigenvalue weighted by atomic mass is 10.0. The van der Waals surface area contributed by atoms with Crippen molar-refractivity contribution in [3.8, 4) is 5.75 Å². The average Bonchev–Trinajstić information content (AvgIpc) is 2.88. The van der Waals surface area contributed by atoms with E-state index in [4.69, 9.17) is 0 Å². The number of aromatic hydroxyl groups is 1. The van der Waals surface area contributed by atoms with Crippen LogP contribution >= 0.6 is 11.8 Å². The summed E-state index contributed by atoms with van der Waals surface area (Å²) in [4.78, 5) is 23.6. The maximum atomic E-state index is 12.3. The monoisotopic (exact) mass is 309 g/mol. The number of benzene rings is 1. The molecule has 0 aliphatic carbocycles. The van der Waals surface area contributed by atoms with Crippen molar-refractivity contribution in [1.82, 2.24) is 5.32 Å². The molecule has 1 aliphatic rings. The number of nitrogens with one attached hydrogen (secondary N) is 1. The molecule has 1 aromatic rings. The van der Waals surface area contributed by atoms with Crippen LogP contribution in [0.3, 0.4) is 0 Å². The van der Waals surface area contributed by atoms with E-state index < -0.39 is 16.8 Å². The van der Waals surface area contributed by atoms with E-state index in [2.05, 4.69) is 5.32 Å². The first kappa shape index (κ1) is 15.7. The number of carbonyl (C=O) groups is 2. The lowest BCUT2D eigenvalue weighted by Crippen LogP contribution is -2.49. The van der Waals surface area contributed by atoms with Gasteiger partial charge in [0.25, 0.3) is 0 Å². The molecule has 2 rings (SSSR count). The topological polar surface area (TPSA) is 86.6 Å². The van der Waals surface area contributed by atoms with E-state index in [9.17, 15) is 19.8 Å². The van der Waals surface area contributed by atoms with Gasteiger partial charge in [-0.1, -0.05) is 12.1 Å². The summed E-state index contributed by atoms with van der Waals surface area (Å²) in [5.41, 5.74) is 0.754. The van der Waals surface area contributed by atoms with Crippen LogP contribution in [0.2, 0.25) is 0 Å². The van der Waals surface area contributed by atoms with Gasteiger partial charge in [-0.25, -0.2) is 4.79 Å². The van der Waals surface area contributed by atoms with Crippen LogP contribution < -0.4 is 5.32 Å². The van der Waals surface area contributed by atoms with Gasteiger partial charge in [0.05, 0.1) is 4.75 Å². The number of hydrogen-bond acceptors (Lipinski definition) is 4. The van der Waals surface area contributed by atoms with Gasteiger partial charge in [0.15, 0.2) is 0 Å². The molecule has 6 heteroatoms. The fraction of sp³-hybridized carbons (Fsp3) is 0.467. The molecule has 1 aromatic carbocycles. The van der Waals surface area contributed by atoms with Crippen LogP contribution in [0.1, 0.15) is 25.3 Å². The molecule has 5 nitrogen and oxygen atoms in total. The van der Waals surface area contributed by atoms with Crippen molar-refractivity contribution >= 4 is 23.6 Å². The Bertz CT molecular complexity index is 523. The molecule has 0 bridgehead atoms. The van der Waals surface area contributed by atoms with Gasteiger partial charge in [0, 0.05) is 6.42 Å². The van der Waals surface area contributed by atoms with E-state index in [1.807, 2.05) is 6.92 Å². The third-order valence-corrected chi connectivity index (χ3v) is 5.20. The summed E-state index contributed by atoms with van der Waals surface area (Å²) >= 11 is 1.58. The van der Waals surface area contributed by atoms with Gasteiger partial charge in [-0.2, -0.15) is 0 Å². The van der Waals surface area contributed by atoms with E-state index in [0.29, 0.717) is 0 Å². The van der Waals surface area contributed by atoms with Gasteiger partial charge in [0.1, 0.15) is 11.8 Å². The Balaban J connectivity index is 2.04. The number of hydrogen-bond donors (Lipinski definition) is 3. The van der Waals surface area contributed by atoms with Crippen molar-refractivity contribution in [1.29, 1.82) is 0 Å². The number of carbonyl (C=O) groups excluding carboxylic acids is 1. The first-order chi connectivity index (χ1) is 9.90. The number of phenols is 1. The summed E-state index contributed by atoms with van der Waals surface area (Å²) in [6.45, 7) is 1.86. The molecule has 3 N–H and O–H groups in total. The Morgan fingerprint density at radius 3 is 2.57 bits per heavy atom. The van der Waals surface area contributed by atoms with Crippen LogP contribution in [0.15, 0.2) is 24.3 Å². The molecule has 1 heterocycles. The summed E-state index contributed by atoms with van der Waals surface area (Å²) in [5, 5.41) is 21.2. The standard InChI is InChI=1S/C15H19NO4S/c1-15(7-2-8-21-15)14(20)16-12(13(18)19)9-10-3-5-11(17)6-4-10/h3-6,12,17H,2,7-9H2,1H3,(H,16,20)(H,18,19)/t12-,15?/m1/s1. The Kier molecular flexibility index (Phi) is 4.77. The van der Waals surface area contributed by atoms with Crippen LogP contribution in [0.5, 0.6) is 5.75 Å². The second-order valence-electron chi connectivity index (χ2n) is 5.42. The van der Waals surface area contributed by atoms with Gasteiger partial charge < -0.3 is 15.5 Å². The van der Waals surface area contributed by atoms with E-state index in [0.717, 1.165) is 24.2 Å². The van der Waals surface area contributed by atoms with Crippen molar-refractivity contribution in [3.05, 3.63) is 29.8 Å². The quantitative estimate of drug-likeness (QED) is 0.772. The number of amides is 1. The Morgan fingerprint density at radius 2 is 2.05 bits per heavy atom. The lowest BCUT2D eigenvalue weighted by molar-refractivity contribution is -0.142. The molecule has 1 aliphatic heterocycles. The van der Waals surface area contributed by atoms with Crippen molar-refractivity contribution in [2.24, 2.45) is 0 Å². The highest BCUT2D eigenvalue weighted by Gasteiger charge is 2.38. The molecule has 0 aromatic heterocycles. The largest absolute Gasteiger partial charge is 0.508 e. The molecule has 1 saturated heterocycles. The first-order valence-electron chi connectivity index (χ1n) is 6.86. The number of carboxylic acids is 1. The molecule has 1 fully saturated rings. The van der Waals surface area contributed by atoms with Crippen LogP contribution in [0.4, 0.5) is 0 Å². The zero-order valence-corrected chi connectivity index (χ0v) is 12.7. The predicted molar refractivity (Wildman–Crippen MR) is 81.5 cm³/mol. The van der Waals surface area contributed by atoms with Crippen molar-refractivity contribution in [3.63, 3.8) is 0 Å². The zero-order valence-electron chi connectivity index (χ0n) is 11.8. The first-order valence-corrected chi connectivity index (χ1v) is 7.85. The minimum Gasteiger partial charge on any atom is -0.508 e. The van der Waals surface area contributed by atoms with Crippen molar-refractivity contribution < 1.29 is 19.8 Å². The Morgan fingerprint density at radius 1 is 1.38 bits per heavy atom. The van der Waals surface area contributed by atoms with Crippen molar-refractivity contribution in [2.75, 3.05) is 5.75 Å². The van der Waals surface area contributed by atoms with E-state index in [1.54, 1.807) is 23.9 Å². The fourth-order valence-corrected chi connectivity index (χ4v) is 3.55. The van der Waals surface area contributed by atoms with Crippen LogP contribution in [0, 0.1) is 0 Å². The molecule has 0 spiro atoms. The fourth-order valence-electron chi connectivity index (χ4n) is 2.34. The SMILES string of the molecule is CC1(C(=O)N[C@H](Cc2ccc(O)cc2)C(=O)O)CCCS1. The predicted octanol–water partition coefficient (Wildman–Crippen LogP) is 1.79.